The summed E-state index contributed by atoms with van der Waals surface area (Å²) in [4.78, 5) is 0. The van der Waals surface area contributed by atoms with Crippen LogP contribution in [0.15, 0.2) is 110 Å². The first-order valence-electron chi connectivity index (χ1n) is 9.29. The van der Waals surface area contributed by atoms with Gasteiger partial charge in [0.2, 0.25) is 0 Å². The highest BCUT2D eigenvalue weighted by Crippen LogP contribution is 2.54. The first-order valence-corrected chi connectivity index (χ1v) is 9.29. The van der Waals surface area contributed by atoms with E-state index in [0.29, 0.717) is 0 Å². The zero-order valence-corrected chi connectivity index (χ0v) is 15.2. The maximum absolute atomic E-state index is 6.35. The van der Waals surface area contributed by atoms with Crippen molar-refractivity contribution < 1.29 is 4.74 Å². The molecule has 0 bridgehead atoms. The molecule has 28 heavy (non-hydrogen) atoms. The molecular formula is C24H19N3O. The molecule has 2 heterocycles. The van der Waals surface area contributed by atoms with Gasteiger partial charge in [0.05, 0.1) is 12.5 Å². The Morgan fingerprint density at radius 1 is 0.786 bits per heavy atom. The molecule has 2 unspecified atom stereocenters. The number of rotatable bonds is 4. The van der Waals surface area contributed by atoms with Gasteiger partial charge in [0.25, 0.3) is 0 Å². The van der Waals surface area contributed by atoms with Gasteiger partial charge in [-0.3, -0.25) is 0 Å². The van der Waals surface area contributed by atoms with Crippen LogP contribution in [0.1, 0.15) is 22.8 Å². The summed E-state index contributed by atoms with van der Waals surface area (Å²) in [6.07, 6.45) is 5.23. The molecule has 4 aromatic rings. The monoisotopic (exact) mass is 365 g/mol. The SMILES string of the molecule is C1=C(c2ccccc2)C(c2ccccc2)(n2ccnn2)C(c2ccccc2)O1. The molecule has 0 saturated heterocycles. The highest BCUT2D eigenvalue weighted by molar-refractivity contribution is 5.77. The Kier molecular flexibility index (Phi) is 4.02. The number of hydrogen-bond acceptors (Lipinski definition) is 3. The van der Waals surface area contributed by atoms with E-state index >= 15 is 0 Å². The summed E-state index contributed by atoms with van der Waals surface area (Å²) in [5.74, 6) is 0. The van der Waals surface area contributed by atoms with Gasteiger partial charge < -0.3 is 4.74 Å². The first-order chi connectivity index (χ1) is 13.9. The van der Waals surface area contributed by atoms with Crippen LogP contribution in [0.3, 0.4) is 0 Å². The van der Waals surface area contributed by atoms with Gasteiger partial charge in [0, 0.05) is 11.8 Å². The average molecular weight is 365 g/mol. The third-order valence-electron chi connectivity index (χ3n) is 5.30. The zero-order chi connectivity index (χ0) is 18.8. The molecule has 0 spiro atoms. The van der Waals surface area contributed by atoms with Gasteiger partial charge in [-0.1, -0.05) is 96.2 Å². The van der Waals surface area contributed by atoms with Crippen molar-refractivity contribution in [3.05, 3.63) is 126 Å². The summed E-state index contributed by atoms with van der Waals surface area (Å²) in [6, 6.07) is 31.0. The van der Waals surface area contributed by atoms with Crippen molar-refractivity contribution in [1.29, 1.82) is 0 Å². The molecule has 2 atom stereocenters. The number of benzene rings is 3. The van der Waals surface area contributed by atoms with Crippen LogP contribution < -0.4 is 0 Å². The second-order valence-corrected chi connectivity index (χ2v) is 6.80. The van der Waals surface area contributed by atoms with Crippen LogP contribution in [0, 0.1) is 0 Å². The van der Waals surface area contributed by atoms with Crippen LogP contribution in [0.5, 0.6) is 0 Å². The average Bonchev–Trinajstić information content (AvgIpc) is 3.44. The fraction of sp³-hybridized carbons (Fsp3) is 0.0833. The Morgan fingerprint density at radius 2 is 1.43 bits per heavy atom. The predicted molar refractivity (Wildman–Crippen MR) is 108 cm³/mol. The third kappa shape index (κ3) is 2.46. The predicted octanol–water partition coefficient (Wildman–Crippen LogP) is 4.83. The Morgan fingerprint density at radius 3 is 2.07 bits per heavy atom. The van der Waals surface area contributed by atoms with E-state index in [4.69, 9.17) is 4.74 Å². The molecular weight excluding hydrogens is 346 g/mol. The van der Waals surface area contributed by atoms with Gasteiger partial charge in [0.15, 0.2) is 11.6 Å². The van der Waals surface area contributed by atoms with Gasteiger partial charge in [-0.05, 0) is 16.7 Å². The van der Waals surface area contributed by atoms with E-state index in [1.807, 2.05) is 59.6 Å². The molecule has 136 valence electrons. The van der Waals surface area contributed by atoms with E-state index in [1.165, 1.54) is 0 Å². The minimum atomic E-state index is -0.666. The molecule has 0 aliphatic carbocycles. The van der Waals surface area contributed by atoms with Crippen molar-refractivity contribution >= 4 is 5.57 Å². The van der Waals surface area contributed by atoms with Crippen LogP contribution in [-0.4, -0.2) is 15.0 Å². The van der Waals surface area contributed by atoms with Crippen LogP contribution in [0.2, 0.25) is 0 Å². The van der Waals surface area contributed by atoms with Crippen molar-refractivity contribution in [2.75, 3.05) is 0 Å². The number of nitrogens with zero attached hydrogens (tertiary/aromatic N) is 3. The van der Waals surface area contributed by atoms with E-state index in [0.717, 1.165) is 22.3 Å². The van der Waals surface area contributed by atoms with Crippen molar-refractivity contribution in [3.63, 3.8) is 0 Å². The molecule has 0 fully saturated rings. The lowest BCUT2D eigenvalue weighted by Crippen LogP contribution is -2.40. The van der Waals surface area contributed by atoms with Crippen LogP contribution in [-0.2, 0) is 10.3 Å². The summed E-state index contributed by atoms with van der Waals surface area (Å²) < 4.78 is 8.27. The molecule has 0 saturated carbocycles. The zero-order valence-electron chi connectivity index (χ0n) is 15.2. The molecule has 5 rings (SSSR count). The summed E-state index contributed by atoms with van der Waals surface area (Å²) in [5, 5.41) is 8.57. The second-order valence-electron chi connectivity index (χ2n) is 6.80. The van der Waals surface area contributed by atoms with E-state index < -0.39 is 5.54 Å². The smallest absolute Gasteiger partial charge is 0.159 e. The lowest BCUT2D eigenvalue weighted by molar-refractivity contribution is 0.0957. The highest BCUT2D eigenvalue weighted by Gasteiger charge is 2.52. The molecule has 3 aromatic carbocycles. The lowest BCUT2D eigenvalue weighted by Gasteiger charge is -2.37. The summed E-state index contributed by atoms with van der Waals surface area (Å²) in [6.45, 7) is 0. The van der Waals surface area contributed by atoms with Crippen molar-refractivity contribution in [2.24, 2.45) is 0 Å². The molecule has 1 aromatic heterocycles. The maximum atomic E-state index is 6.35. The van der Waals surface area contributed by atoms with Crippen LogP contribution >= 0.6 is 0 Å². The van der Waals surface area contributed by atoms with E-state index in [9.17, 15) is 0 Å². The molecule has 4 heteroatoms. The third-order valence-corrected chi connectivity index (χ3v) is 5.30. The van der Waals surface area contributed by atoms with Crippen LogP contribution in [0.25, 0.3) is 5.57 Å². The second kappa shape index (κ2) is 6.82. The normalized spacial score (nSPS) is 21.1. The standard InChI is InChI=1S/C24H19N3O/c1-4-10-19(11-5-1)22-18-28-23(20-12-6-2-7-13-20)24(22,27-17-16-25-26-27)21-14-8-3-9-15-21/h1-18,23H. The number of aromatic nitrogens is 3. The number of hydrogen-bond donors (Lipinski definition) is 0. The van der Waals surface area contributed by atoms with E-state index in [2.05, 4.69) is 58.8 Å². The van der Waals surface area contributed by atoms with Gasteiger partial charge in [0.1, 0.15) is 0 Å². The van der Waals surface area contributed by atoms with E-state index in [1.54, 1.807) is 6.20 Å². The van der Waals surface area contributed by atoms with Gasteiger partial charge in [-0.25, -0.2) is 4.68 Å². The van der Waals surface area contributed by atoms with Crippen molar-refractivity contribution in [3.8, 4) is 0 Å². The van der Waals surface area contributed by atoms with E-state index in [-0.39, 0.29) is 6.10 Å². The quantitative estimate of drug-likeness (QED) is 0.520. The summed E-state index contributed by atoms with van der Waals surface area (Å²) in [5.41, 5.74) is 3.67. The minimum Gasteiger partial charge on any atom is -0.490 e. The summed E-state index contributed by atoms with van der Waals surface area (Å²) >= 11 is 0. The van der Waals surface area contributed by atoms with Gasteiger partial charge >= 0.3 is 0 Å². The topological polar surface area (TPSA) is 39.9 Å². The lowest BCUT2D eigenvalue weighted by atomic mass is 9.75. The van der Waals surface area contributed by atoms with Gasteiger partial charge in [-0.2, -0.15) is 0 Å². The molecule has 1 aliphatic rings. The Bertz CT molecular complexity index is 1080. The Balaban J connectivity index is 1.82. The molecule has 0 amide bonds. The fourth-order valence-electron chi connectivity index (χ4n) is 4.09. The highest BCUT2D eigenvalue weighted by atomic mass is 16.5. The molecule has 0 N–H and O–H groups in total. The Hall–Kier alpha value is -3.66. The number of ether oxygens (including phenoxy) is 1. The van der Waals surface area contributed by atoms with Crippen molar-refractivity contribution in [2.45, 2.75) is 11.6 Å². The van der Waals surface area contributed by atoms with Crippen molar-refractivity contribution in [1.82, 2.24) is 15.0 Å². The molecule has 1 aliphatic heterocycles. The fourth-order valence-corrected chi connectivity index (χ4v) is 4.09. The maximum Gasteiger partial charge on any atom is 0.159 e. The summed E-state index contributed by atoms with van der Waals surface area (Å²) in [7, 11) is 0. The molecule has 4 nitrogen and oxygen atoms in total. The largest absolute Gasteiger partial charge is 0.490 e. The first kappa shape index (κ1) is 16.5. The minimum absolute atomic E-state index is 0.270. The molecule has 0 radical (unpaired) electrons. The van der Waals surface area contributed by atoms with Gasteiger partial charge in [-0.15, -0.1) is 5.10 Å². The Labute approximate surface area is 163 Å². The van der Waals surface area contributed by atoms with Crippen LogP contribution in [0.4, 0.5) is 0 Å².